The molecule has 1 heterocycles. The van der Waals surface area contributed by atoms with Crippen LogP contribution in [0, 0.1) is 4.91 Å². The number of hydrogen-bond acceptors (Lipinski definition) is 7. The van der Waals surface area contributed by atoms with Gasteiger partial charge in [0.15, 0.2) is 5.13 Å². The summed E-state index contributed by atoms with van der Waals surface area (Å²) in [5, 5.41) is 5.53. The molecule has 27 heavy (non-hydrogen) atoms. The highest BCUT2D eigenvalue weighted by atomic mass is 32.1. The van der Waals surface area contributed by atoms with Crippen LogP contribution >= 0.6 is 11.3 Å². The summed E-state index contributed by atoms with van der Waals surface area (Å²) in [6.07, 6.45) is 0.565. The number of thiazole rings is 1. The number of ether oxygens (including phenoxy) is 2. The van der Waals surface area contributed by atoms with Gasteiger partial charge in [-0.3, -0.25) is 0 Å². The van der Waals surface area contributed by atoms with E-state index in [4.69, 9.17) is 15.2 Å². The summed E-state index contributed by atoms with van der Waals surface area (Å²) in [4.78, 5) is 15.5. The van der Waals surface area contributed by atoms with Gasteiger partial charge >= 0.3 is 0 Å². The summed E-state index contributed by atoms with van der Waals surface area (Å²) in [6, 6.07) is 13.0. The molecule has 0 fully saturated rings. The topological polar surface area (TPSA) is 86.8 Å². The Hall–Kier alpha value is -2.93. The summed E-state index contributed by atoms with van der Waals surface area (Å²) >= 11 is 1.40. The van der Waals surface area contributed by atoms with Crippen molar-refractivity contribution in [3.63, 3.8) is 0 Å². The van der Waals surface area contributed by atoms with Crippen LogP contribution < -0.4 is 15.2 Å². The van der Waals surface area contributed by atoms with E-state index in [9.17, 15) is 4.91 Å². The van der Waals surface area contributed by atoms with Gasteiger partial charge in [-0.1, -0.05) is 12.1 Å². The van der Waals surface area contributed by atoms with Crippen molar-refractivity contribution in [2.45, 2.75) is 18.8 Å². The fourth-order valence-corrected chi connectivity index (χ4v) is 3.88. The second-order valence-corrected chi connectivity index (χ2v) is 7.29. The van der Waals surface area contributed by atoms with Crippen molar-refractivity contribution in [1.82, 2.24) is 4.98 Å². The summed E-state index contributed by atoms with van der Waals surface area (Å²) in [5.41, 5.74) is 8.58. The summed E-state index contributed by atoms with van der Waals surface area (Å²) in [6.45, 7) is 2.10. The zero-order valence-corrected chi connectivity index (χ0v) is 16.2. The van der Waals surface area contributed by atoms with Crippen molar-refractivity contribution in [3.8, 4) is 11.5 Å². The standard InChI is InChI=1S/C20H21N3O3S/c1-20(18-12-27-19(21)22-18,14-4-7-16(25-2)8-5-14)11-13-10-15(23-24)6-9-17(13)26-3/h4-10,12H,11H2,1-3H3,(H2,21,22). The third-order valence-corrected chi connectivity index (χ3v) is 5.40. The number of rotatable bonds is 7. The molecule has 0 aliphatic rings. The van der Waals surface area contributed by atoms with Crippen LogP contribution in [0.15, 0.2) is 53.0 Å². The highest BCUT2D eigenvalue weighted by Crippen LogP contribution is 2.39. The van der Waals surface area contributed by atoms with Crippen LogP contribution in [-0.4, -0.2) is 19.2 Å². The summed E-state index contributed by atoms with van der Waals surface area (Å²) in [5.74, 6) is 1.48. The van der Waals surface area contributed by atoms with E-state index in [2.05, 4.69) is 17.1 Å². The minimum atomic E-state index is -0.477. The molecule has 0 bridgehead atoms. The predicted octanol–water partition coefficient (Wildman–Crippen LogP) is 4.69. The van der Waals surface area contributed by atoms with Gasteiger partial charge in [0.05, 0.1) is 19.9 Å². The van der Waals surface area contributed by atoms with E-state index in [1.54, 1.807) is 32.4 Å². The van der Waals surface area contributed by atoms with E-state index in [1.165, 1.54) is 11.3 Å². The molecule has 3 aromatic rings. The Bertz CT molecular complexity index is 940. The van der Waals surface area contributed by atoms with E-state index in [0.29, 0.717) is 23.0 Å². The molecule has 1 aromatic heterocycles. The fraction of sp³-hybridized carbons (Fsp3) is 0.250. The molecular formula is C20H21N3O3S. The molecule has 0 saturated heterocycles. The molecule has 2 aromatic carbocycles. The van der Waals surface area contributed by atoms with Gasteiger partial charge in [-0.25, -0.2) is 4.98 Å². The molecule has 0 radical (unpaired) electrons. The molecule has 2 N–H and O–H groups in total. The third kappa shape index (κ3) is 3.78. The highest BCUT2D eigenvalue weighted by Gasteiger charge is 2.33. The largest absolute Gasteiger partial charge is 0.497 e. The van der Waals surface area contributed by atoms with Crippen molar-refractivity contribution in [3.05, 3.63) is 69.6 Å². The van der Waals surface area contributed by atoms with Crippen LogP contribution in [0.2, 0.25) is 0 Å². The number of nitrogens with two attached hydrogens (primary N) is 1. The second kappa shape index (κ2) is 7.75. The number of aromatic nitrogens is 1. The average Bonchev–Trinajstić information content (AvgIpc) is 3.15. The number of hydrogen-bond donors (Lipinski definition) is 1. The van der Waals surface area contributed by atoms with Gasteiger partial charge in [0.25, 0.3) is 0 Å². The van der Waals surface area contributed by atoms with E-state index >= 15 is 0 Å². The Morgan fingerprint density at radius 3 is 2.44 bits per heavy atom. The lowest BCUT2D eigenvalue weighted by Gasteiger charge is -2.29. The van der Waals surface area contributed by atoms with Crippen LogP contribution in [0.25, 0.3) is 0 Å². The van der Waals surface area contributed by atoms with Gasteiger partial charge in [0.1, 0.15) is 17.2 Å². The molecule has 1 atom stereocenters. The third-order valence-electron chi connectivity index (χ3n) is 4.73. The molecule has 1 unspecified atom stereocenters. The van der Waals surface area contributed by atoms with Gasteiger partial charge < -0.3 is 15.2 Å². The fourth-order valence-electron chi connectivity index (χ4n) is 3.18. The lowest BCUT2D eigenvalue weighted by atomic mass is 9.75. The molecule has 7 heteroatoms. The van der Waals surface area contributed by atoms with Crippen molar-refractivity contribution in [2.75, 3.05) is 20.0 Å². The van der Waals surface area contributed by atoms with Crippen LogP contribution in [0.5, 0.6) is 11.5 Å². The van der Waals surface area contributed by atoms with Gasteiger partial charge in [-0.2, -0.15) is 0 Å². The number of nitrogen functional groups attached to an aromatic ring is 1. The van der Waals surface area contributed by atoms with Gasteiger partial charge in [0.2, 0.25) is 0 Å². The maximum Gasteiger partial charge on any atom is 0.180 e. The first-order chi connectivity index (χ1) is 13.0. The number of benzene rings is 2. The maximum atomic E-state index is 11.0. The maximum absolute atomic E-state index is 11.0. The van der Waals surface area contributed by atoms with Crippen LogP contribution in [0.1, 0.15) is 23.7 Å². The zero-order chi connectivity index (χ0) is 19.4. The van der Waals surface area contributed by atoms with Crippen LogP contribution in [0.3, 0.4) is 0 Å². The van der Waals surface area contributed by atoms with E-state index < -0.39 is 5.41 Å². The van der Waals surface area contributed by atoms with Crippen LogP contribution in [-0.2, 0) is 11.8 Å². The molecule has 0 aliphatic heterocycles. The Morgan fingerprint density at radius 1 is 1.15 bits per heavy atom. The molecule has 0 saturated carbocycles. The molecule has 0 spiro atoms. The lowest BCUT2D eigenvalue weighted by Crippen LogP contribution is -2.27. The van der Waals surface area contributed by atoms with Crippen LogP contribution in [0.4, 0.5) is 10.8 Å². The number of nitroso groups, excluding NO2 is 1. The molecule has 0 aliphatic carbocycles. The molecule has 0 amide bonds. The van der Waals surface area contributed by atoms with E-state index in [0.717, 1.165) is 22.6 Å². The lowest BCUT2D eigenvalue weighted by molar-refractivity contribution is 0.404. The monoisotopic (exact) mass is 383 g/mol. The first-order valence-electron chi connectivity index (χ1n) is 8.36. The van der Waals surface area contributed by atoms with Crippen molar-refractivity contribution < 1.29 is 9.47 Å². The summed E-state index contributed by atoms with van der Waals surface area (Å²) < 4.78 is 10.8. The predicted molar refractivity (Wildman–Crippen MR) is 108 cm³/mol. The van der Waals surface area contributed by atoms with Crippen molar-refractivity contribution >= 4 is 22.2 Å². The van der Waals surface area contributed by atoms with Gasteiger partial charge in [0, 0.05) is 10.8 Å². The number of nitrogens with zero attached hydrogens (tertiary/aromatic N) is 2. The van der Waals surface area contributed by atoms with Crippen molar-refractivity contribution in [1.29, 1.82) is 0 Å². The van der Waals surface area contributed by atoms with Gasteiger partial charge in [-0.15, -0.1) is 16.2 Å². The zero-order valence-electron chi connectivity index (χ0n) is 15.4. The quantitative estimate of drug-likeness (QED) is 0.598. The minimum Gasteiger partial charge on any atom is -0.497 e. The smallest absolute Gasteiger partial charge is 0.180 e. The Balaban J connectivity index is 2.11. The molecular weight excluding hydrogens is 362 g/mol. The number of anilines is 1. The Kier molecular flexibility index (Phi) is 5.41. The van der Waals surface area contributed by atoms with E-state index in [-0.39, 0.29) is 0 Å². The van der Waals surface area contributed by atoms with Gasteiger partial charge in [-0.05, 0) is 60.0 Å². The Labute approximate surface area is 161 Å². The normalized spacial score (nSPS) is 13.0. The molecule has 140 valence electrons. The first-order valence-corrected chi connectivity index (χ1v) is 9.24. The SMILES string of the molecule is COc1ccc(C(C)(Cc2cc(N=O)ccc2OC)c2csc(N)n2)cc1. The minimum absolute atomic E-state index is 0.362. The Morgan fingerprint density at radius 2 is 1.89 bits per heavy atom. The summed E-state index contributed by atoms with van der Waals surface area (Å²) in [7, 11) is 3.25. The molecule has 6 nitrogen and oxygen atoms in total. The average molecular weight is 383 g/mol. The molecule has 3 rings (SSSR count). The highest BCUT2D eigenvalue weighted by molar-refractivity contribution is 7.13. The first kappa shape index (κ1) is 18.8. The van der Waals surface area contributed by atoms with Crippen molar-refractivity contribution in [2.24, 2.45) is 5.18 Å². The second-order valence-electron chi connectivity index (χ2n) is 6.40. The van der Waals surface area contributed by atoms with E-state index in [1.807, 2.05) is 29.6 Å². The number of methoxy groups -OCH3 is 2.